The molecule has 0 aliphatic carbocycles. The summed E-state index contributed by atoms with van der Waals surface area (Å²) >= 11 is 5.76. The van der Waals surface area contributed by atoms with Crippen molar-refractivity contribution in [3.8, 4) is 5.82 Å². The first-order valence-corrected chi connectivity index (χ1v) is 4.15. The van der Waals surface area contributed by atoms with Gasteiger partial charge < -0.3 is 0 Å². The van der Waals surface area contributed by atoms with Crippen molar-refractivity contribution in [1.82, 2.24) is 24.3 Å². The van der Waals surface area contributed by atoms with Gasteiger partial charge in [-0.15, -0.1) is 0 Å². The maximum Gasteiger partial charge on any atom is 0.351 e. The fraction of sp³-hybridized carbons (Fsp3) is 0.143. The van der Waals surface area contributed by atoms with Gasteiger partial charge in [-0.25, -0.2) is 14.8 Å². The monoisotopic (exact) mass is 211 g/mol. The van der Waals surface area contributed by atoms with E-state index in [9.17, 15) is 4.79 Å². The SMILES string of the molecule is Cn1cnn(-c2nccnc2Cl)c1=O. The molecule has 7 heteroatoms. The molecule has 2 heterocycles. The zero-order chi connectivity index (χ0) is 10.1. The van der Waals surface area contributed by atoms with Crippen LogP contribution in [-0.4, -0.2) is 24.3 Å². The predicted molar refractivity (Wildman–Crippen MR) is 49.4 cm³/mol. The van der Waals surface area contributed by atoms with E-state index in [4.69, 9.17) is 11.6 Å². The molecule has 2 rings (SSSR count). The van der Waals surface area contributed by atoms with Gasteiger partial charge in [0.2, 0.25) is 0 Å². The van der Waals surface area contributed by atoms with Crippen LogP contribution in [0.25, 0.3) is 5.82 Å². The summed E-state index contributed by atoms with van der Waals surface area (Å²) in [6, 6.07) is 0. The largest absolute Gasteiger partial charge is 0.351 e. The Morgan fingerprint density at radius 3 is 2.64 bits per heavy atom. The van der Waals surface area contributed by atoms with E-state index in [1.54, 1.807) is 7.05 Å². The third-order valence-electron chi connectivity index (χ3n) is 1.66. The third kappa shape index (κ3) is 1.29. The molecule has 6 nitrogen and oxygen atoms in total. The zero-order valence-corrected chi connectivity index (χ0v) is 8.01. The molecule has 2 aromatic rings. The van der Waals surface area contributed by atoms with Gasteiger partial charge in [-0.1, -0.05) is 11.6 Å². The summed E-state index contributed by atoms with van der Waals surface area (Å²) in [7, 11) is 1.59. The molecule has 0 aromatic carbocycles. The van der Waals surface area contributed by atoms with Crippen molar-refractivity contribution in [1.29, 1.82) is 0 Å². The first kappa shape index (κ1) is 8.89. The molecule has 0 fully saturated rings. The Morgan fingerprint density at radius 1 is 1.36 bits per heavy atom. The van der Waals surface area contributed by atoms with Crippen LogP contribution in [0.3, 0.4) is 0 Å². The van der Waals surface area contributed by atoms with E-state index in [0.717, 1.165) is 4.68 Å². The van der Waals surface area contributed by atoms with Crippen molar-refractivity contribution < 1.29 is 0 Å². The summed E-state index contributed by atoms with van der Waals surface area (Å²) in [5, 5.41) is 3.97. The van der Waals surface area contributed by atoms with E-state index in [0.29, 0.717) is 0 Å². The van der Waals surface area contributed by atoms with Crippen LogP contribution in [-0.2, 0) is 7.05 Å². The van der Waals surface area contributed by atoms with E-state index < -0.39 is 0 Å². The number of aryl methyl sites for hydroxylation is 1. The minimum atomic E-state index is -0.313. The van der Waals surface area contributed by atoms with Crippen molar-refractivity contribution >= 4 is 11.6 Å². The van der Waals surface area contributed by atoms with Gasteiger partial charge in [-0.2, -0.15) is 9.78 Å². The number of aromatic nitrogens is 5. The second-order valence-corrected chi connectivity index (χ2v) is 2.96. The number of hydrogen-bond donors (Lipinski definition) is 0. The summed E-state index contributed by atoms with van der Waals surface area (Å²) in [5.74, 6) is 0.236. The second-order valence-electron chi connectivity index (χ2n) is 2.61. The lowest BCUT2D eigenvalue weighted by molar-refractivity contribution is 0.775. The molecule has 2 aromatic heterocycles. The summed E-state index contributed by atoms with van der Waals surface area (Å²) < 4.78 is 2.42. The maximum atomic E-state index is 11.5. The molecule has 0 bridgehead atoms. The molecule has 0 saturated carbocycles. The minimum Gasteiger partial charge on any atom is -0.284 e. The molecule has 0 atom stereocenters. The maximum absolute atomic E-state index is 11.5. The van der Waals surface area contributed by atoms with Crippen LogP contribution in [0, 0.1) is 0 Å². The number of nitrogens with zero attached hydrogens (tertiary/aromatic N) is 5. The topological polar surface area (TPSA) is 65.6 Å². The molecule has 72 valence electrons. The van der Waals surface area contributed by atoms with E-state index >= 15 is 0 Å². The Kier molecular flexibility index (Phi) is 2.05. The highest BCUT2D eigenvalue weighted by molar-refractivity contribution is 6.30. The van der Waals surface area contributed by atoms with Gasteiger partial charge in [-0.3, -0.25) is 4.57 Å². The van der Waals surface area contributed by atoms with Gasteiger partial charge in [-0.05, 0) is 0 Å². The fourth-order valence-corrected chi connectivity index (χ4v) is 1.16. The van der Waals surface area contributed by atoms with Gasteiger partial charge in [0.25, 0.3) is 0 Å². The van der Waals surface area contributed by atoms with Gasteiger partial charge in [0, 0.05) is 19.4 Å². The molecular formula is C7H6ClN5O. The number of halogens is 1. The van der Waals surface area contributed by atoms with Crippen molar-refractivity contribution in [3.63, 3.8) is 0 Å². The first-order chi connectivity index (χ1) is 6.70. The lowest BCUT2D eigenvalue weighted by atomic mass is 10.6. The third-order valence-corrected chi connectivity index (χ3v) is 1.93. The Balaban J connectivity index is 2.67. The van der Waals surface area contributed by atoms with E-state index in [2.05, 4.69) is 15.1 Å². The highest BCUT2D eigenvalue weighted by atomic mass is 35.5. The molecule has 0 radical (unpaired) electrons. The minimum absolute atomic E-state index is 0.147. The van der Waals surface area contributed by atoms with E-state index in [1.807, 2.05) is 0 Å². The van der Waals surface area contributed by atoms with Crippen molar-refractivity contribution in [2.45, 2.75) is 0 Å². The number of rotatable bonds is 1. The van der Waals surface area contributed by atoms with E-state index in [1.165, 1.54) is 23.3 Å². The van der Waals surface area contributed by atoms with Crippen molar-refractivity contribution in [3.05, 3.63) is 34.4 Å². The Labute approximate surface area is 83.8 Å². The second kappa shape index (κ2) is 3.22. The highest BCUT2D eigenvalue weighted by Gasteiger charge is 2.09. The summed E-state index contributed by atoms with van der Waals surface area (Å²) in [4.78, 5) is 19.2. The Morgan fingerprint density at radius 2 is 2.07 bits per heavy atom. The van der Waals surface area contributed by atoms with Crippen molar-refractivity contribution in [2.75, 3.05) is 0 Å². The molecule has 0 spiro atoms. The summed E-state index contributed by atoms with van der Waals surface area (Å²) in [6.07, 6.45) is 4.27. The van der Waals surface area contributed by atoms with E-state index in [-0.39, 0.29) is 16.7 Å². The molecule has 14 heavy (non-hydrogen) atoms. The Bertz CT molecular complexity index is 517. The molecule has 0 aliphatic rings. The van der Waals surface area contributed by atoms with Crippen LogP contribution in [0.5, 0.6) is 0 Å². The van der Waals surface area contributed by atoms with Crippen LogP contribution < -0.4 is 5.69 Å². The van der Waals surface area contributed by atoms with Gasteiger partial charge in [0.1, 0.15) is 6.33 Å². The molecule has 0 N–H and O–H groups in total. The first-order valence-electron chi connectivity index (χ1n) is 3.77. The van der Waals surface area contributed by atoms with Gasteiger partial charge in [0.05, 0.1) is 0 Å². The Hall–Kier alpha value is -1.69. The van der Waals surface area contributed by atoms with Gasteiger partial charge >= 0.3 is 5.69 Å². The fourth-order valence-electron chi connectivity index (χ4n) is 0.978. The zero-order valence-electron chi connectivity index (χ0n) is 7.25. The number of hydrogen-bond acceptors (Lipinski definition) is 4. The molecule has 0 saturated heterocycles. The smallest absolute Gasteiger partial charge is 0.284 e. The van der Waals surface area contributed by atoms with Crippen LogP contribution >= 0.6 is 11.6 Å². The summed E-state index contributed by atoms with van der Waals surface area (Å²) in [6.45, 7) is 0. The lowest BCUT2D eigenvalue weighted by Gasteiger charge is -1.98. The van der Waals surface area contributed by atoms with Crippen LogP contribution in [0.4, 0.5) is 0 Å². The van der Waals surface area contributed by atoms with Crippen molar-refractivity contribution in [2.24, 2.45) is 7.05 Å². The van der Waals surface area contributed by atoms with Crippen LogP contribution in [0.1, 0.15) is 0 Å². The normalized spacial score (nSPS) is 10.4. The lowest BCUT2D eigenvalue weighted by Crippen LogP contribution is -2.22. The quantitative estimate of drug-likeness (QED) is 0.667. The molecular weight excluding hydrogens is 206 g/mol. The summed E-state index contributed by atoms with van der Waals surface area (Å²) in [5.41, 5.74) is -0.313. The molecule has 0 amide bonds. The highest BCUT2D eigenvalue weighted by Crippen LogP contribution is 2.10. The standard InChI is InChI=1S/C7H6ClN5O/c1-12-4-11-13(7(12)14)6-5(8)9-2-3-10-6/h2-4H,1H3. The molecule has 0 unspecified atom stereocenters. The van der Waals surface area contributed by atoms with Crippen LogP contribution in [0.2, 0.25) is 5.15 Å². The van der Waals surface area contributed by atoms with Crippen LogP contribution in [0.15, 0.2) is 23.5 Å². The van der Waals surface area contributed by atoms with Gasteiger partial charge in [0.15, 0.2) is 11.0 Å². The predicted octanol–water partition coefficient (Wildman–Crippen LogP) is 0.0144. The molecule has 0 aliphatic heterocycles. The average Bonchev–Trinajstić information content (AvgIpc) is 2.49. The average molecular weight is 212 g/mol.